The Labute approximate surface area is 212 Å². The van der Waals surface area contributed by atoms with E-state index in [1.165, 1.54) is 7.11 Å². The average molecular weight is 497 g/mol. The summed E-state index contributed by atoms with van der Waals surface area (Å²) in [6, 6.07) is 13.0. The van der Waals surface area contributed by atoms with Crippen LogP contribution < -0.4 is 19.5 Å². The molecule has 0 bridgehead atoms. The van der Waals surface area contributed by atoms with Crippen molar-refractivity contribution in [2.45, 2.75) is 52.4 Å². The fourth-order valence-electron chi connectivity index (χ4n) is 4.24. The van der Waals surface area contributed by atoms with Gasteiger partial charge in [0.15, 0.2) is 11.5 Å². The molecule has 2 aromatic carbocycles. The highest BCUT2D eigenvalue weighted by Crippen LogP contribution is 2.36. The molecule has 1 aliphatic heterocycles. The zero-order valence-corrected chi connectivity index (χ0v) is 21.4. The maximum absolute atomic E-state index is 12.7. The molecule has 2 aromatic rings. The van der Waals surface area contributed by atoms with E-state index in [4.69, 9.17) is 14.2 Å². The molecule has 1 fully saturated rings. The van der Waals surface area contributed by atoms with Crippen molar-refractivity contribution >= 4 is 23.5 Å². The topological polar surface area (TPSA) is 94.2 Å². The summed E-state index contributed by atoms with van der Waals surface area (Å²) in [5, 5.41) is 2.86. The molecule has 1 N–H and O–H groups in total. The Bertz CT molecular complexity index is 1030. The number of anilines is 1. The van der Waals surface area contributed by atoms with Crippen molar-refractivity contribution in [1.29, 1.82) is 0 Å². The van der Waals surface area contributed by atoms with Crippen molar-refractivity contribution in [1.82, 2.24) is 4.90 Å². The molecule has 1 heterocycles. The number of aryl methyl sites for hydroxylation is 1. The highest BCUT2D eigenvalue weighted by atomic mass is 16.6. The number of amides is 2. The number of carbonyl (C=O) groups excluding carboxylic acids is 3. The van der Waals surface area contributed by atoms with Gasteiger partial charge in [-0.25, -0.2) is 0 Å². The van der Waals surface area contributed by atoms with Gasteiger partial charge >= 0.3 is 5.97 Å². The first kappa shape index (κ1) is 27.0. The first-order valence-electron chi connectivity index (χ1n) is 12.6. The molecule has 8 heteroatoms. The molecule has 3 rings (SSSR count). The quantitative estimate of drug-likeness (QED) is 0.361. The van der Waals surface area contributed by atoms with Crippen LogP contribution in [0.5, 0.6) is 17.2 Å². The second-order valence-electron chi connectivity index (χ2n) is 8.82. The Morgan fingerprint density at radius 3 is 2.39 bits per heavy atom. The molecule has 194 valence electrons. The van der Waals surface area contributed by atoms with Crippen LogP contribution in [0.15, 0.2) is 42.5 Å². The summed E-state index contributed by atoms with van der Waals surface area (Å²) in [5.74, 6) is 1.20. The fourth-order valence-corrected chi connectivity index (χ4v) is 4.24. The van der Waals surface area contributed by atoms with Crippen LogP contribution in [0.4, 0.5) is 5.69 Å². The van der Waals surface area contributed by atoms with Gasteiger partial charge in [-0.15, -0.1) is 0 Å². The summed E-state index contributed by atoms with van der Waals surface area (Å²) in [6.45, 7) is 5.58. The third-order valence-electron chi connectivity index (χ3n) is 6.28. The van der Waals surface area contributed by atoms with E-state index in [-0.39, 0.29) is 29.9 Å². The molecule has 1 saturated heterocycles. The second kappa shape index (κ2) is 13.5. The maximum atomic E-state index is 12.7. The third-order valence-corrected chi connectivity index (χ3v) is 6.28. The van der Waals surface area contributed by atoms with E-state index < -0.39 is 5.97 Å². The molecule has 1 aliphatic rings. The molecular weight excluding hydrogens is 460 g/mol. The lowest BCUT2D eigenvalue weighted by Gasteiger charge is -2.32. The third kappa shape index (κ3) is 7.73. The lowest BCUT2D eigenvalue weighted by molar-refractivity contribution is -0.134. The Kier molecular flexibility index (Phi) is 10.2. The van der Waals surface area contributed by atoms with Gasteiger partial charge in [-0.1, -0.05) is 25.1 Å². The normalized spacial score (nSPS) is 13.7. The Balaban J connectivity index is 1.46. The van der Waals surface area contributed by atoms with Gasteiger partial charge in [0.05, 0.1) is 19.4 Å². The van der Waals surface area contributed by atoms with Crippen molar-refractivity contribution < 1.29 is 28.6 Å². The summed E-state index contributed by atoms with van der Waals surface area (Å²) < 4.78 is 16.1. The maximum Gasteiger partial charge on any atom is 0.311 e. The number of nitrogens with one attached hydrogen (secondary N) is 1. The highest BCUT2D eigenvalue weighted by molar-refractivity contribution is 5.93. The van der Waals surface area contributed by atoms with E-state index in [0.717, 1.165) is 24.2 Å². The second-order valence-corrected chi connectivity index (χ2v) is 8.82. The number of likely N-dealkylation sites (tertiary alicyclic amines) is 1. The van der Waals surface area contributed by atoms with Crippen molar-refractivity contribution in [2.24, 2.45) is 5.92 Å². The Hall–Kier alpha value is -3.55. The first-order chi connectivity index (χ1) is 17.4. The Morgan fingerprint density at radius 2 is 1.75 bits per heavy atom. The number of rotatable bonds is 11. The van der Waals surface area contributed by atoms with Crippen molar-refractivity contribution in [2.75, 3.05) is 32.1 Å². The van der Waals surface area contributed by atoms with Crippen molar-refractivity contribution in [3.05, 3.63) is 48.0 Å². The molecule has 36 heavy (non-hydrogen) atoms. The number of benzene rings is 2. The molecule has 0 spiro atoms. The van der Waals surface area contributed by atoms with Gasteiger partial charge in [0.25, 0.3) is 0 Å². The van der Waals surface area contributed by atoms with Crippen LogP contribution in [0.3, 0.4) is 0 Å². The van der Waals surface area contributed by atoms with Crippen LogP contribution >= 0.6 is 0 Å². The summed E-state index contributed by atoms with van der Waals surface area (Å²) >= 11 is 0. The number of para-hydroxylation sites is 1. The molecule has 0 saturated carbocycles. The lowest BCUT2D eigenvalue weighted by atomic mass is 9.93. The van der Waals surface area contributed by atoms with Gasteiger partial charge in [0, 0.05) is 32.4 Å². The van der Waals surface area contributed by atoms with Crippen LogP contribution in [-0.2, 0) is 20.8 Å². The SMILES string of the molecule is CCOc1ccc(CCC(=O)N2CCC(CC(=O)Nc3cccc(OC)c3OC(=O)CC)CC2)cc1. The van der Waals surface area contributed by atoms with Gasteiger partial charge in [0.2, 0.25) is 11.8 Å². The van der Waals surface area contributed by atoms with E-state index in [9.17, 15) is 14.4 Å². The van der Waals surface area contributed by atoms with E-state index in [1.54, 1.807) is 25.1 Å². The van der Waals surface area contributed by atoms with Crippen LogP contribution in [-0.4, -0.2) is 49.5 Å². The van der Waals surface area contributed by atoms with Gasteiger partial charge in [0.1, 0.15) is 5.75 Å². The molecule has 2 amide bonds. The van der Waals surface area contributed by atoms with Gasteiger partial charge in [-0.2, -0.15) is 0 Å². The zero-order chi connectivity index (χ0) is 25.9. The number of nitrogens with zero attached hydrogens (tertiary/aromatic N) is 1. The number of esters is 1. The molecule has 0 unspecified atom stereocenters. The first-order valence-corrected chi connectivity index (χ1v) is 12.6. The summed E-state index contributed by atoms with van der Waals surface area (Å²) in [7, 11) is 1.48. The van der Waals surface area contributed by atoms with Crippen LogP contribution in [0, 0.1) is 5.92 Å². The van der Waals surface area contributed by atoms with Crippen LogP contribution in [0.2, 0.25) is 0 Å². The van der Waals surface area contributed by atoms with Gasteiger partial charge in [-0.3, -0.25) is 14.4 Å². The highest BCUT2D eigenvalue weighted by Gasteiger charge is 2.25. The lowest BCUT2D eigenvalue weighted by Crippen LogP contribution is -2.39. The number of hydrogen-bond donors (Lipinski definition) is 1. The summed E-state index contributed by atoms with van der Waals surface area (Å²) in [6.07, 6.45) is 3.26. The van der Waals surface area contributed by atoms with E-state index in [2.05, 4.69) is 5.32 Å². The molecule has 0 aromatic heterocycles. The number of piperidine rings is 1. The summed E-state index contributed by atoms with van der Waals surface area (Å²) in [4.78, 5) is 39.2. The minimum Gasteiger partial charge on any atom is -0.494 e. The standard InChI is InChI=1S/C28H36N2O6/c1-4-27(33)36-28-23(7-6-8-24(28)34-3)29-25(31)19-21-15-17-30(18-16-21)26(32)14-11-20-9-12-22(13-10-20)35-5-2/h6-10,12-13,21H,4-5,11,14-19H2,1-3H3,(H,29,31). The number of ether oxygens (including phenoxy) is 3. The molecule has 0 aliphatic carbocycles. The predicted octanol–water partition coefficient (Wildman–Crippen LogP) is 4.61. The van der Waals surface area contributed by atoms with E-state index >= 15 is 0 Å². The predicted molar refractivity (Wildman–Crippen MR) is 137 cm³/mol. The smallest absolute Gasteiger partial charge is 0.311 e. The fraction of sp³-hybridized carbons (Fsp3) is 0.464. The van der Waals surface area contributed by atoms with E-state index in [1.807, 2.05) is 36.1 Å². The van der Waals surface area contributed by atoms with Gasteiger partial charge < -0.3 is 24.4 Å². The largest absolute Gasteiger partial charge is 0.494 e. The number of carbonyl (C=O) groups is 3. The molecule has 0 atom stereocenters. The monoisotopic (exact) mass is 496 g/mol. The van der Waals surface area contributed by atoms with E-state index in [0.29, 0.717) is 50.4 Å². The minimum atomic E-state index is -0.408. The van der Waals surface area contributed by atoms with Crippen molar-refractivity contribution in [3.63, 3.8) is 0 Å². The molecular formula is C28H36N2O6. The zero-order valence-electron chi connectivity index (χ0n) is 21.4. The molecule has 0 radical (unpaired) electrons. The van der Waals surface area contributed by atoms with Crippen LogP contribution in [0.25, 0.3) is 0 Å². The summed E-state index contributed by atoms with van der Waals surface area (Å²) in [5.41, 5.74) is 1.52. The Morgan fingerprint density at radius 1 is 1.03 bits per heavy atom. The number of methoxy groups -OCH3 is 1. The van der Waals surface area contributed by atoms with Gasteiger partial charge in [-0.05, 0) is 61.9 Å². The minimum absolute atomic E-state index is 0.144. The van der Waals surface area contributed by atoms with Crippen molar-refractivity contribution in [3.8, 4) is 17.2 Å². The number of hydrogen-bond acceptors (Lipinski definition) is 6. The molecule has 8 nitrogen and oxygen atoms in total. The van der Waals surface area contributed by atoms with Crippen LogP contribution in [0.1, 0.15) is 51.5 Å². The average Bonchev–Trinajstić information content (AvgIpc) is 2.89.